The van der Waals surface area contributed by atoms with Crippen LogP contribution >= 0.6 is 0 Å². The van der Waals surface area contributed by atoms with Gasteiger partial charge < -0.3 is 19.6 Å². The molecule has 8 nitrogen and oxygen atoms in total. The number of benzene rings is 2. The van der Waals surface area contributed by atoms with E-state index in [9.17, 15) is 5.11 Å². The minimum Gasteiger partial charge on any atom is -0.494 e. The van der Waals surface area contributed by atoms with Crippen LogP contribution in [-0.2, 0) is 11.2 Å². The molecular formula is C26H29N5O3. The van der Waals surface area contributed by atoms with E-state index in [4.69, 9.17) is 9.47 Å². The summed E-state index contributed by atoms with van der Waals surface area (Å²) in [4.78, 5) is 9.81. The number of aromatic hydroxyl groups is 1. The van der Waals surface area contributed by atoms with Gasteiger partial charge in [-0.05, 0) is 30.2 Å². The smallest absolute Gasteiger partial charge is 0.198 e. The van der Waals surface area contributed by atoms with Crippen LogP contribution in [0.25, 0.3) is 10.9 Å². The summed E-state index contributed by atoms with van der Waals surface area (Å²) < 4.78 is 11.3. The second-order valence-corrected chi connectivity index (χ2v) is 8.42. The standard InChI is InChI=1S/C26H29N5O3/c32-26-23(22-4-1-2-5-24(22)28-26)18-27-25-17-20(29-30-25)16-19-6-8-21(9-7-19)34-13-3-10-31-11-14-33-15-12-31/h1-2,4-9,17-18,28,32H,3,10-16H2,(H,29,30). The van der Waals surface area contributed by atoms with Crippen molar-refractivity contribution in [1.82, 2.24) is 20.1 Å². The van der Waals surface area contributed by atoms with Gasteiger partial charge in [0.1, 0.15) is 5.75 Å². The number of nitrogens with zero attached hydrogens (tertiary/aromatic N) is 3. The van der Waals surface area contributed by atoms with E-state index >= 15 is 0 Å². The number of aliphatic imine (C=N–C) groups is 1. The molecule has 3 heterocycles. The molecule has 0 unspecified atom stereocenters. The van der Waals surface area contributed by atoms with Crippen LogP contribution in [0.1, 0.15) is 23.2 Å². The molecule has 0 saturated carbocycles. The van der Waals surface area contributed by atoms with Crippen molar-refractivity contribution in [2.75, 3.05) is 39.5 Å². The summed E-state index contributed by atoms with van der Waals surface area (Å²) in [5.41, 5.74) is 3.65. The number of para-hydroxylation sites is 1. The van der Waals surface area contributed by atoms with E-state index in [-0.39, 0.29) is 5.88 Å². The summed E-state index contributed by atoms with van der Waals surface area (Å²) in [7, 11) is 0. The van der Waals surface area contributed by atoms with Gasteiger partial charge in [0.05, 0.1) is 25.4 Å². The van der Waals surface area contributed by atoms with Crippen LogP contribution in [0.3, 0.4) is 0 Å². The highest BCUT2D eigenvalue weighted by Gasteiger charge is 2.10. The molecule has 8 heteroatoms. The van der Waals surface area contributed by atoms with Crippen molar-refractivity contribution in [1.29, 1.82) is 0 Å². The quantitative estimate of drug-likeness (QED) is 0.259. The zero-order chi connectivity index (χ0) is 23.2. The molecule has 1 aliphatic rings. The number of H-pyrrole nitrogens is 2. The number of hydrogen-bond acceptors (Lipinski definition) is 6. The molecule has 3 N–H and O–H groups in total. The minimum atomic E-state index is 0.101. The summed E-state index contributed by atoms with van der Waals surface area (Å²) in [5.74, 6) is 1.56. The molecule has 0 amide bonds. The van der Waals surface area contributed by atoms with Crippen LogP contribution in [0.4, 0.5) is 5.82 Å². The largest absolute Gasteiger partial charge is 0.494 e. The number of aromatic amines is 2. The van der Waals surface area contributed by atoms with Gasteiger partial charge in [0.15, 0.2) is 11.7 Å². The van der Waals surface area contributed by atoms with Crippen molar-refractivity contribution >= 4 is 22.9 Å². The lowest BCUT2D eigenvalue weighted by atomic mass is 10.1. The lowest BCUT2D eigenvalue weighted by molar-refractivity contribution is 0.0358. The minimum absolute atomic E-state index is 0.101. The predicted octanol–water partition coefficient (Wildman–Crippen LogP) is 4.04. The molecule has 1 aliphatic heterocycles. The molecule has 0 spiro atoms. The lowest BCUT2D eigenvalue weighted by Gasteiger charge is -2.26. The first-order chi connectivity index (χ1) is 16.7. The first kappa shape index (κ1) is 22.2. The van der Waals surface area contributed by atoms with Crippen molar-refractivity contribution in [2.45, 2.75) is 12.8 Å². The average molecular weight is 460 g/mol. The maximum atomic E-state index is 10.2. The maximum Gasteiger partial charge on any atom is 0.198 e. The van der Waals surface area contributed by atoms with Crippen LogP contribution in [0.15, 0.2) is 59.6 Å². The fourth-order valence-electron chi connectivity index (χ4n) is 4.14. The molecule has 2 aromatic carbocycles. The van der Waals surface area contributed by atoms with Gasteiger partial charge in [0.2, 0.25) is 0 Å². The lowest BCUT2D eigenvalue weighted by Crippen LogP contribution is -2.37. The van der Waals surface area contributed by atoms with Crippen LogP contribution in [-0.4, -0.2) is 70.9 Å². The van der Waals surface area contributed by atoms with Gasteiger partial charge in [-0.25, -0.2) is 4.99 Å². The van der Waals surface area contributed by atoms with Crippen molar-refractivity contribution in [3.05, 3.63) is 71.4 Å². The molecule has 0 aliphatic carbocycles. The van der Waals surface area contributed by atoms with E-state index in [1.807, 2.05) is 42.5 Å². The van der Waals surface area contributed by atoms with E-state index in [1.54, 1.807) is 6.21 Å². The van der Waals surface area contributed by atoms with Crippen LogP contribution in [0.5, 0.6) is 11.6 Å². The number of rotatable bonds is 9. The Balaban J connectivity index is 1.12. The Labute approximate surface area is 198 Å². The molecule has 0 atom stereocenters. The first-order valence-corrected chi connectivity index (χ1v) is 11.6. The third kappa shape index (κ3) is 5.47. The Bertz CT molecular complexity index is 1240. The number of ether oxygens (including phenoxy) is 2. The zero-order valence-corrected chi connectivity index (χ0v) is 19.0. The van der Waals surface area contributed by atoms with Crippen molar-refractivity contribution in [2.24, 2.45) is 4.99 Å². The predicted molar refractivity (Wildman–Crippen MR) is 132 cm³/mol. The topological polar surface area (TPSA) is 98.8 Å². The maximum absolute atomic E-state index is 10.2. The summed E-state index contributed by atoms with van der Waals surface area (Å²) in [6.07, 6.45) is 3.37. The first-order valence-electron chi connectivity index (χ1n) is 11.6. The Morgan fingerprint density at radius 1 is 1.12 bits per heavy atom. The molecule has 0 bridgehead atoms. The average Bonchev–Trinajstić information content (AvgIpc) is 3.45. The molecule has 34 heavy (non-hydrogen) atoms. The van der Waals surface area contributed by atoms with E-state index in [0.717, 1.165) is 73.6 Å². The highest BCUT2D eigenvalue weighted by atomic mass is 16.5. The molecule has 2 aromatic heterocycles. The van der Waals surface area contributed by atoms with Crippen molar-refractivity contribution in [3.63, 3.8) is 0 Å². The monoisotopic (exact) mass is 459 g/mol. The van der Waals surface area contributed by atoms with Crippen LogP contribution in [0.2, 0.25) is 0 Å². The molecule has 1 saturated heterocycles. The molecular weight excluding hydrogens is 430 g/mol. The summed E-state index contributed by atoms with van der Waals surface area (Å²) in [6, 6.07) is 17.8. The third-order valence-corrected chi connectivity index (χ3v) is 5.98. The number of aromatic nitrogens is 3. The molecule has 0 radical (unpaired) electrons. The van der Waals surface area contributed by atoms with E-state index in [1.165, 1.54) is 0 Å². The SMILES string of the molecule is Oc1[nH]c2ccccc2c1C=Nc1cc(Cc2ccc(OCCCN3CCOCC3)cc2)[nH]n1. The second kappa shape index (κ2) is 10.5. The van der Waals surface area contributed by atoms with E-state index in [0.29, 0.717) is 18.0 Å². The Kier molecular flexibility index (Phi) is 6.88. The van der Waals surface area contributed by atoms with E-state index < -0.39 is 0 Å². The van der Waals surface area contributed by atoms with Crippen LogP contribution < -0.4 is 4.74 Å². The Morgan fingerprint density at radius 2 is 1.94 bits per heavy atom. The van der Waals surface area contributed by atoms with Gasteiger partial charge in [-0.1, -0.05) is 30.3 Å². The number of fused-ring (bicyclic) bond motifs is 1. The molecule has 4 aromatic rings. The number of hydrogen-bond donors (Lipinski definition) is 3. The highest BCUT2D eigenvalue weighted by Crippen LogP contribution is 2.26. The van der Waals surface area contributed by atoms with Gasteiger partial charge in [0.25, 0.3) is 0 Å². The number of morpholine rings is 1. The Morgan fingerprint density at radius 3 is 2.79 bits per heavy atom. The van der Waals surface area contributed by atoms with Gasteiger partial charge in [-0.15, -0.1) is 0 Å². The molecule has 176 valence electrons. The van der Waals surface area contributed by atoms with E-state index in [2.05, 4.69) is 37.2 Å². The van der Waals surface area contributed by atoms with Crippen molar-refractivity contribution < 1.29 is 14.6 Å². The summed E-state index contributed by atoms with van der Waals surface area (Å²) >= 11 is 0. The zero-order valence-electron chi connectivity index (χ0n) is 19.0. The van der Waals surface area contributed by atoms with Gasteiger partial charge in [0, 0.05) is 54.9 Å². The summed E-state index contributed by atoms with van der Waals surface area (Å²) in [5, 5.41) is 18.4. The third-order valence-electron chi connectivity index (χ3n) is 5.98. The fourth-order valence-corrected chi connectivity index (χ4v) is 4.14. The van der Waals surface area contributed by atoms with Gasteiger partial charge >= 0.3 is 0 Å². The number of nitrogens with one attached hydrogen (secondary N) is 2. The van der Waals surface area contributed by atoms with Crippen LogP contribution in [0, 0.1) is 0 Å². The fraction of sp³-hybridized carbons (Fsp3) is 0.308. The second-order valence-electron chi connectivity index (χ2n) is 8.42. The molecule has 1 fully saturated rings. The van der Waals surface area contributed by atoms with Gasteiger partial charge in [-0.3, -0.25) is 10.00 Å². The Hall–Kier alpha value is -3.62. The normalized spacial score (nSPS) is 14.8. The van der Waals surface area contributed by atoms with Gasteiger partial charge in [-0.2, -0.15) is 5.10 Å². The highest BCUT2D eigenvalue weighted by molar-refractivity contribution is 6.02. The summed E-state index contributed by atoms with van der Waals surface area (Å²) in [6.45, 7) is 5.46. The molecule has 5 rings (SSSR count). The van der Waals surface area contributed by atoms with Crippen molar-refractivity contribution in [3.8, 4) is 11.6 Å².